The van der Waals surface area contributed by atoms with E-state index in [2.05, 4.69) is 16.4 Å². The van der Waals surface area contributed by atoms with Crippen molar-refractivity contribution >= 4 is 39.7 Å². The molecular weight excluding hydrogens is 500 g/mol. The SMILES string of the molecule is CCOC(=O)C1=C(C)N=C2SC=C(CC(=O)NCCc3c[nH]c4ccccc34)N2[C@H]1c1cccc(OC)c1. The van der Waals surface area contributed by atoms with Crippen LogP contribution in [0.15, 0.2) is 82.1 Å². The molecule has 8 nitrogen and oxygen atoms in total. The van der Waals surface area contributed by atoms with Crippen LogP contribution >= 0.6 is 11.8 Å². The van der Waals surface area contributed by atoms with E-state index >= 15 is 0 Å². The number of nitrogens with zero attached hydrogens (tertiary/aromatic N) is 2. The number of amidine groups is 1. The van der Waals surface area contributed by atoms with Crippen LogP contribution in [0.1, 0.15) is 37.4 Å². The first-order chi connectivity index (χ1) is 18.5. The first kappa shape index (κ1) is 25.7. The minimum absolute atomic E-state index is 0.0914. The van der Waals surface area contributed by atoms with E-state index < -0.39 is 12.0 Å². The van der Waals surface area contributed by atoms with Gasteiger partial charge in [-0.05, 0) is 55.0 Å². The first-order valence-corrected chi connectivity index (χ1v) is 13.4. The summed E-state index contributed by atoms with van der Waals surface area (Å²) in [5.41, 5.74) is 4.94. The van der Waals surface area contributed by atoms with E-state index in [1.807, 2.05) is 65.9 Å². The van der Waals surface area contributed by atoms with Crippen LogP contribution in [0.2, 0.25) is 0 Å². The molecule has 5 rings (SSSR count). The molecule has 0 saturated heterocycles. The Morgan fingerprint density at radius 2 is 2.03 bits per heavy atom. The van der Waals surface area contributed by atoms with Gasteiger partial charge in [0.1, 0.15) is 5.75 Å². The van der Waals surface area contributed by atoms with Gasteiger partial charge in [0.2, 0.25) is 5.91 Å². The van der Waals surface area contributed by atoms with Crippen LogP contribution in [-0.4, -0.2) is 47.2 Å². The summed E-state index contributed by atoms with van der Waals surface area (Å²) in [5.74, 6) is 0.172. The van der Waals surface area contributed by atoms with Crippen LogP contribution in [0, 0.1) is 0 Å². The molecule has 0 unspecified atom stereocenters. The highest BCUT2D eigenvalue weighted by atomic mass is 32.2. The quantitative estimate of drug-likeness (QED) is 0.376. The number of methoxy groups -OCH3 is 1. The van der Waals surface area contributed by atoms with Crippen molar-refractivity contribution in [3.05, 3.63) is 88.2 Å². The molecule has 3 aromatic rings. The van der Waals surface area contributed by atoms with Crippen LogP contribution in [0.5, 0.6) is 5.75 Å². The number of benzene rings is 2. The van der Waals surface area contributed by atoms with Gasteiger partial charge in [-0.25, -0.2) is 9.79 Å². The summed E-state index contributed by atoms with van der Waals surface area (Å²) < 4.78 is 10.9. The minimum Gasteiger partial charge on any atom is -0.497 e. The average Bonchev–Trinajstić information content (AvgIpc) is 3.52. The van der Waals surface area contributed by atoms with Crippen molar-refractivity contribution in [2.24, 2.45) is 4.99 Å². The Bertz CT molecular complexity index is 1470. The van der Waals surface area contributed by atoms with Crippen molar-refractivity contribution in [2.75, 3.05) is 20.3 Å². The molecule has 1 atom stereocenters. The zero-order valence-corrected chi connectivity index (χ0v) is 22.4. The van der Waals surface area contributed by atoms with Gasteiger partial charge in [-0.2, -0.15) is 0 Å². The molecule has 2 aromatic carbocycles. The number of carbonyl (C=O) groups is 2. The third-order valence-corrected chi connectivity index (χ3v) is 7.53. The zero-order chi connectivity index (χ0) is 26.6. The van der Waals surface area contributed by atoms with Gasteiger partial charge in [0.25, 0.3) is 0 Å². The van der Waals surface area contributed by atoms with E-state index in [-0.39, 0.29) is 18.9 Å². The molecule has 2 aliphatic rings. The lowest BCUT2D eigenvalue weighted by atomic mass is 9.93. The largest absolute Gasteiger partial charge is 0.497 e. The summed E-state index contributed by atoms with van der Waals surface area (Å²) in [4.78, 5) is 36.1. The lowest BCUT2D eigenvalue weighted by Crippen LogP contribution is -2.38. The maximum absolute atomic E-state index is 13.1. The second-order valence-corrected chi connectivity index (χ2v) is 9.86. The highest BCUT2D eigenvalue weighted by Crippen LogP contribution is 2.45. The van der Waals surface area contributed by atoms with Gasteiger partial charge >= 0.3 is 5.97 Å². The number of amides is 1. The fraction of sp³-hybridized carbons (Fsp3) is 0.276. The zero-order valence-electron chi connectivity index (χ0n) is 21.6. The number of hydrogen-bond donors (Lipinski definition) is 2. The molecule has 1 amide bonds. The number of aromatic amines is 1. The Morgan fingerprint density at radius 1 is 1.18 bits per heavy atom. The van der Waals surface area contributed by atoms with E-state index in [0.717, 1.165) is 28.4 Å². The molecule has 0 bridgehead atoms. The Hall–Kier alpha value is -3.98. The number of esters is 1. The number of aliphatic imine (C=N–C) groups is 1. The maximum atomic E-state index is 13.1. The number of allylic oxidation sites excluding steroid dienone is 1. The van der Waals surface area contributed by atoms with E-state index in [4.69, 9.17) is 14.5 Å². The number of ether oxygens (including phenoxy) is 2. The van der Waals surface area contributed by atoms with E-state index in [1.54, 1.807) is 14.0 Å². The number of thioether (sulfide) groups is 1. The van der Waals surface area contributed by atoms with Crippen molar-refractivity contribution in [1.29, 1.82) is 0 Å². The fourth-order valence-electron chi connectivity index (χ4n) is 4.87. The molecule has 9 heteroatoms. The maximum Gasteiger partial charge on any atom is 0.338 e. The van der Waals surface area contributed by atoms with Gasteiger partial charge in [0.15, 0.2) is 5.17 Å². The van der Waals surface area contributed by atoms with Crippen molar-refractivity contribution < 1.29 is 19.1 Å². The number of aromatic nitrogens is 1. The Labute approximate surface area is 225 Å². The second kappa shape index (κ2) is 11.2. The van der Waals surface area contributed by atoms with Crippen LogP contribution < -0.4 is 10.1 Å². The third-order valence-electron chi connectivity index (χ3n) is 6.64. The topological polar surface area (TPSA) is 96.0 Å². The van der Waals surface area contributed by atoms with Crippen molar-refractivity contribution in [3.63, 3.8) is 0 Å². The summed E-state index contributed by atoms with van der Waals surface area (Å²) in [6.45, 7) is 4.38. The number of rotatable bonds is 9. The molecule has 0 fully saturated rings. The lowest BCUT2D eigenvalue weighted by molar-refractivity contribution is -0.139. The summed E-state index contributed by atoms with van der Waals surface area (Å²) >= 11 is 1.45. The molecule has 196 valence electrons. The number of nitrogens with one attached hydrogen (secondary N) is 2. The minimum atomic E-state index is -0.489. The van der Waals surface area contributed by atoms with Gasteiger partial charge in [0.05, 0.1) is 37.4 Å². The predicted octanol–water partition coefficient (Wildman–Crippen LogP) is 5.06. The lowest BCUT2D eigenvalue weighted by Gasteiger charge is -2.36. The standard InChI is InChI=1S/C29H30N4O4S/c1-4-37-28(35)26-18(2)32-29-33(27(26)19-8-7-9-22(14-19)36-3)21(17-38-29)15-25(34)30-13-12-20-16-31-24-11-6-5-10-23(20)24/h5-11,14,16-17,27,31H,4,12-13,15H2,1-3H3,(H,30,34)/t27-/m0/s1. The van der Waals surface area contributed by atoms with Crippen LogP contribution in [0.25, 0.3) is 10.9 Å². The van der Waals surface area contributed by atoms with Gasteiger partial charge in [0, 0.05) is 29.3 Å². The first-order valence-electron chi connectivity index (χ1n) is 12.6. The highest BCUT2D eigenvalue weighted by Gasteiger charge is 2.41. The molecule has 38 heavy (non-hydrogen) atoms. The monoisotopic (exact) mass is 530 g/mol. The number of para-hydroxylation sites is 1. The molecule has 0 saturated carbocycles. The molecule has 0 radical (unpaired) electrons. The third kappa shape index (κ3) is 5.06. The number of H-pyrrole nitrogens is 1. The second-order valence-electron chi connectivity index (χ2n) is 9.03. The Morgan fingerprint density at radius 3 is 2.84 bits per heavy atom. The van der Waals surface area contributed by atoms with Gasteiger partial charge in [-0.1, -0.05) is 42.1 Å². The van der Waals surface area contributed by atoms with Crippen LogP contribution in [0.3, 0.4) is 0 Å². The molecule has 3 heterocycles. The van der Waals surface area contributed by atoms with Crippen molar-refractivity contribution in [3.8, 4) is 5.75 Å². The Balaban J connectivity index is 1.34. The smallest absolute Gasteiger partial charge is 0.338 e. The summed E-state index contributed by atoms with van der Waals surface area (Å²) in [5, 5.41) is 6.88. The molecule has 0 spiro atoms. The Kier molecular flexibility index (Phi) is 7.55. The molecule has 1 aromatic heterocycles. The molecule has 2 aliphatic heterocycles. The average molecular weight is 531 g/mol. The molecule has 2 N–H and O–H groups in total. The normalized spacial score (nSPS) is 16.7. The summed E-state index contributed by atoms with van der Waals surface area (Å²) in [6, 6.07) is 15.2. The number of fused-ring (bicyclic) bond motifs is 2. The van der Waals surface area contributed by atoms with Crippen molar-refractivity contribution in [1.82, 2.24) is 15.2 Å². The molecular formula is C29H30N4O4S. The van der Waals surface area contributed by atoms with Gasteiger partial charge in [-0.3, -0.25) is 4.79 Å². The predicted molar refractivity (Wildman–Crippen MR) is 150 cm³/mol. The van der Waals surface area contributed by atoms with E-state index in [1.165, 1.54) is 22.7 Å². The van der Waals surface area contributed by atoms with Crippen LogP contribution in [-0.2, 0) is 20.7 Å². The van der Waals surface area contributed by atoms with E-state index in [9.17, 15) is 9.59 Å². The van der Waals surface area contributed by atoms with Crippen molar-refractivity contribution in [2.45, 2.75) is 32.7 Å². The van der Waals surface area contributed by atoms with Gasteiger partial charge < -0.3 is 24.7 Å². The summed E-state index contributed by atoms with van der Waals surface area (Å²) in [7, 11) is 1.61. The fourth-order valence-corrected chi connectivity index (χ4v) is 5.83. The number of hydrogen-bond acceptors (Lipinski definition) is 7. The van der Waals surface area contributed by atoms with Gasteiger partial charge in [-0.15, -0.1) is 0 Å². The highest BCUT2D eigenvalue weighted by molar-refractivity contribution is 8.16. The van der Waals surface area contributed by atoms with Crippen LogP contribution in [0.4, 0.5) is 0 Å². The summed E-state index contributed by atoms with van der Waals surface area (Å²) in [6.07, 6.45) is 2.88. The van der Waals surface area contributed by atoms with E-state index in [0.29, 0.717) is 23.6 Å². The molecule has 0 aliphatic carbocycles. The number of carbonyl (C=O) groups excluding carboxylic acids is 2.